The van der Waals surface area contributed by atoms with Gasteiger partial charge in [0.25, 0.3) is 0 Å². The van der Waals surface area contributed by atoms with Crippen molar-refractivity contribution in [2.45, 2.75) is 37.8 Å². The number of ether oxygens (including phenoxy) is 2. The number of benzene rings is 2. The number of aliphatic carboxylic acids is 1. The molecule has 0 saturated heterocycles. The third-order valence-electron chi connectivity index (χ3n) is 5.70. The van der Waals surface area contributed by atoms with Crippen molar-refractivity contribution in [2.24, 2.45) is 0 Å². The van der Waals surface area contributed by atoms with Gasteiger partial charge in [-0.2, -0.15) is 0 Å². The van der Waals surface area contributed by atoms with Crippen LogP contribution in [0.2, 0.25) is 0 Å². The molecule has 8 nitrogen and oxygen atoms in total. The van der Waals surface area contributed by atoms with Gasteiger partial charge in [-0.25, -0.2) is 9.59 Å². The van der Waals surface area contributed by atoms with Gasteiger partial charge in [0.1, 0.15) is 12.6 Å². The number of methoxy groups -OCH3 is 1. The van der Waals surface area contributed by atoms with E-state index in [0.717, 1.165) is 22.3 Å². The predicted molar refractivity (Wildman–Crippen MR) is 126 cm³/mol. The number of nitrogens with one attached hydrogen (secondary N) is 2. The second kappa shape index (κ2) is 11.9. The van der Waals surface area contributed by atoms with Crippen LogP contribution in [-0.2, 0) is 19.1 Å². The number of fused-ring (bicyclic) bond motifs is 3. The maximum atomic E-state index is 12.6. The third-order valence-corrected chi connectivity index (χ3v) is 5.70. The average Bonchev–Trinajstić information content (AvgIpc) is 3.16. The van der Waals surface area contributed by atoms with Crippen LogP contribution in [0.5, 0.6) is 0 Å². The van der Waals surface area contributed by atoms with Crippen molar-refractivity contribution in [1.29, 1.82) is 0 Å². The average molecular weight is 465 g/mol. The van der Waals surface area contributed by atoms with Gasteiger partial charge >= 0.3 is 12.1 Å². The highest BCUT2D eigenvalue weighted by molar-refractivity contribution is 5.86. The Balaban J connectivity index is 1.59. The molecule has 2 atom stereocenters. The van der Waals surface area contributed by atoms with Crippen molar-refractivity contribution in [3.05, 3.63) is 59.7 Å². The molecule has 0 radical (unpaired) electrons. The number of alkyl carbamates (subject to hydrolysis) is 1. The van der Waals surface area contributed by atoms with Gasteiger partial charge in [0.2, 0.25) is 5.91 Å². The van der Waals surface area contributed by atoms with Gasteiger partial charge in [0, 0.05) is 32.4 Å². The minimum Gasteiger partial charge on any atom is -0.479 e. The van der Waals surface area contributed by atoms with Crippen molar-refractivity contribution in [3.8, 4) is 23.0 Å². The zero-order chi connectivity index (χ0) is 24.5. The lowest BCUT2D eigenvalue weighted by atomic mass is 9.98. The van der Waals surface area contributed by atoms with Gasteiger partial charge in [0.05, 0.1) is 0 Å². The largest absolute Gasteiger partial charge is 0.479 e. The van der Waals surface area contributed by atoms with Crippen LogP contribution < -0.4 is 10.6 Å². The Bertz CT molecular complexity index is 1060. The monoisotopic (exact) mass is 464 g/mol. The first kappa shape index (κ1) is 24.8. The molecule has 0 fully saturated rings. The van der Waals surface area contributed by atoms with Crippen molar-refractivity contribution < 1.29 is 29.0 Å². The molecule has 3 N–H and O–H groups in total. The molecule has 0 heterocycles. The number of rotatable bonds is 10. The highest BCUT2D eigenvalue weighted by atomic mass is 16.5. The topological polar surface area (TPSA) is 114 Å². The highest BCUT2D eigenvalue weighted by Gasteiger charge is 2.29. The first-order valence-electron chi connectivity index (χ1n) is 11.0. The minimum absolute atomic E-state index is 0.0755. The second-order valence-electron chi connectivity index (χ2n) is 7.80. The van der Waals surface area contributed by atoms with Crippen LogP contribution in [0, 0.1) is 11.8 Å². The summed E-state index contributed by atoms with van der Waals surface area (Å²) in [7, 11) is 1.29. The van der Waals surface area contributed by atoms with Crippen LogP contribution in [0.4, 0.5) is 4.79 Å². The zero-order valence-corrected chi connectivity index (χ0v) is 19.2. The molecule has 0 saturated carbocycles. The molecule has 2 aromatic carbocycles. The van der Waals surface area contributed by atoms with Crippen molar-refractivity contribution >= 4 is 18.0 Å². The number of hydrogen-bond acceptors (Lipinski definition) is 5. The van der Waals surface area contributed by atoms with E-state index in [0.29, 0.717) is 0 Å². The summed E-state index contributed by atoms with van der Waals surface area (Å²) < 4.78 is 10.4. The smallest absolute Gasteiger partial charge is 0.407 e. The van der Waals surface area contributed by atoms with E-state index >= 15 is 0 Å². The lowest BCUT2D eigenvalue weighted by molar-refractivity contribution is -0.149. The maximum Gasteiger partial charge on any atom is 0.407 e. The summed E-state index contributed by atoms with van der Waals surface area (Å²) in [6.07, 6.45) is -1.56. The molecular weight excluding hydrogens is 436 g/mol. The van der Waals surface area contributed by atoms with E-state index in [2.05, 4.69) is 34.6 Å². The Hall–Kier alpha value is -3.83. The standard InChI is InChI=1S/C26H28N2O6/c1-3-4-13-22(24(29)27-15-14-23(33-2)25(30)31)28-26(32)34-16-21-19-11-7-5-9-17(19)18-10-6-8-12-20(18)21/h5-12,21-23H,13-16H2,1-2H3,(H,27,29)(H,28,32)(H,30,31). The summed E-state index contributed by atoms with van der Waals surface area (Å²) in [5, 5.41) is 14.2. The third kappa shape index (κ3) is 5.94. The van der Waals surface area contributed by atoms with Crippen molar-refractivity contribution in [3.63, 3.8) is 0 Å². The van der Waals surface area contributed by atoms with E-state index in [1.165, 1.54) is 7.11 Å². The molecule has 1 aliphatic rings. The molecule has 0 aliphatic heterocycles. The number of carbonyl (C=O) groups is 3. The summed E-state index contributed by atoms with van der Waals surface area (Å²) in [6, 6.07) is 15.1. The number of carboxylic acid groups (broad SMARTS) is 1. The van der Waals surface area contributed by atoms with Crippen LogP contribution in [0.3, 0.4) is 0 Å². The lowest BCUT2D eigenvalue weighted by Crippen LogP contribution is -2.47. The Morgan fingerprint density at radius 1 is 1.06 bits per heavy atom. The molecular formula is C26H28N2O6. The van der Waals surface area contributed by atoms with Crippen LogP contribution >= 0.6 is 0 Å². The first-order valence-corrected chi connectivity index (χ1v) is 11.0. The van der Waals surface area contributed by atoms with Gasteiger partial charge in [-0.3, -0.25) is 4.79 Å². The van der Waals surface area contributed by atoms with Crippen LogP contribution in [-0.4, -0.2) is 55.5 Å². The molecule has 0 aromatic heterocycles. The van der Waals surface area contributed by atoms with Crippen LogP contribution in [0.25, 0.3) is 11.1 Å². The van der Waals surface area contributed by atoms with Gasteiger partial charge in [0.15, 0.2) is 6.10 Å². The van der Waals surface area contributed by atoms with Gasteiger partial charge in [-0.1, -0.05) is 48.5 Å². The number of hydrogen-bond donors (Lipinski definition) is 3. The fourth-order valence-corrected chi connectivity index (χ4v) is 3.99. The molecule has 34 heavy (non-hydrogen) atoms. The molecule has 1 aliphatic carbocycles. The zero-order valence-electron chi connectivity index (χ0n) is 19.2. The molecule has 0 bridgehead atoms. The molecule has 2 amide bonds. The van der Waals surface area contributed by atoms with Gasteiger partial charge in [-0.15, -0.1) is 11.8 Å². The normalized spacial score (nSPS) is 13.5. The number of carboxylic acids is 1. The van der Waals surface area contributed by atoms with Crippen LogP contribution in [0.15, 0.2) is 48.5 Å². The Kier molecular flexibility index (Phi) is 8.66. The SMILES string of the molecule is CC#CCC(NC(=O)OCC1c2ccccc2-c2ccccc21)C(=O)NCCC(OC)C(=O)O. The Morgan fingerprint density at radius 3 is 2.24 bits per heavy atom. The van der Waals surface area contributed by atoms with E-state index in [1.54, 1.807) is 6.92 Å². The molecule has 2 aromatic rings. The molecule has 3 rings (SSSR count). The summed E-state index contributed by atoms with van der Waals surface area (Å²) in [5.41, 5.74) is 4.43. The summed E-state index contributed by atoms with van der Waals surface area (Å²) in [6.45, 7) is 1.84. The summed E-state index contributed by atoms with van der Waals surface area (Å²) >= 11 is 0. The lowest BCUT2D eigenvalue weighted by Gasteiger charge is -2.19. The Labute approximate surface area is 198 Å². The maximum absolute atomic E-state index is 12.6. The summed E-state index contributed by atoms with van der Waals surface area (Å²) in [4.78, 5) is 36.2. The molecule has 2 unspecified atom stereocenters. The van der Waals surface area contributed by atoms with Crippen LogP contribution in [0.1, 0.15) is 36.8 Å². The van der Waals surface area contributed by atoms with Gasteiger partial charge in [-0.05, 0) is 29.2 Å². The van der Waals surface area contributed by atoms with E-state index in [9.17, 15) is 14.4 Å². The molecule has 0 spiro atoms. The quantitative estimate of drug-likeness (QED) is 0.466. The van der Waals surface area contributed by atoms with E-state index < -0.39 is 30.1 Å². The van der Waals surface area contributed by atoms with Crippen molar-refractivity contribution in [1.82, 2.24) is 10.6 Å². The Morgan fingerprint density at radius 2 is 1.68 bits per heavy atom. The van der Waals surface area contributed by atoms with E-state index in [4.69, 9.17) is 14.6 Å². The van der Waals surface area contributed by atoms with Gasteiger partial charge < -0.3 is 25.2 Å². The number of carbonyl (C=O) groups excluding carboxylic acids is 2. The molecule has 178 valence electrons. The second-order valence-corrected chi connectivity index (χ2v) is 7.80. The predicted octanol–water partition coefficient (Wildman–Crippen LogP) is 2.91. The van der Waals surface area contributed by atoms with Crippen molar-refractivity contribution in [2.75, 3.05) is 20.3 Å². The fourth-order valence-electron chi connectivity index (χ4n) is 3.99. The minimum atomic E-state index is -1.11. The fraction of sp³-hybridized carbons (Fsp3) is 0.346. The summed E-state index contributed by atoms with van der Waals surface area (Å²) in [5.74, 6) is 3.81. The highest BCUT2D eigenvalue weighted by Crippen LogP contribution is 2.44. The van der Waals surface area contributed by atoms with E-state index in [-0.39, 0.29) is 31.9 Å². The number of amides is 2. The first-order chi connectivity index (χ1) is 16.5. The molecule has 8 heteroatoms. The van der Waals surface area contributed by atoms with E-state index in [1.807, 2.05) is 36.4 Å².